The van der Waals surface area contributed by atoms with Crippen molar-refractivity contribution in [3.63, 3.8) is 0 Å². The Morgan fingerprint density at radius 2 is 0.630 bits per heavy atom. The van der Waals surface area contributed by atoms with Gasteiger partial charge in [0.25, 0.3) is 0 Å². The first-order valence-corrected chi connectivity index (χ1v) is 33.5. The SMILES string of the molecule is CCCCCCCCCCCCCCCC/C=C/C(O)C(CO)NC(=O)CCCCCCCCCCCCCCCCCCCCCCCOC(=O)CCCCCCCCCCCCCCCCCCCCC. The molecule has 6 heteroatoms. The van der Waals surface area contributed by atoms with E-state index in [0.29, 0.717) is 19.4 Å². The molecule has 0 saturated carbocycles. The van der Waals surface area contributed by atoms with E-state index in [9.17, 15) is 19.8 Å². The van der Waals surface area contributed by atoms with E-state index in [1.54, 1.807) is 6.08 Å². The molecule has 0 aliphatic carbocycles. The van der Waals surface area contributed by atoms with Gasteiger partial charge in [-0.3, -0.25) is 9.59 Å². The zero-order valence-electron chi connectivity index (χ0n) is 49.6. The first kappa shape index (κ1) is 71.6. The van der Waals surface area contributed by atoms with E-state index in [2.05, 4.69) is 19.2 Å². The Balaban J connectivity index is 3.37. The number of carbonyl (C=O) groups excluding carboxylic acids is 2. The number of hydrogen-bond acceptors (Lipinski definition) is 5. The molecular formula is C67H131NO5. The van der Waals surface area contributed by atoms with E-state index in [-0.39, 0.29) is 18.5 Å². The number of amides is 1. The predicted molar refractivity (Wildman–Crippen MR) is 320 cm³/mol. The Kier molecular flexibility index (Phi) is 61.9. The topological polar surface area (TPSA) is 95.9 Å². The van der Waals surface area contributed by atoms with Crippen molar-refractivity contribution in [2.24, 2.45) is 0 Å². The summed E-state index contributed by atoms with van der Waals surface area (Å²) in [5, 5.41) is 23.2. The quantitative estimate of drug-likeness (QED) is 0.0320. The summed E-state index contributed by atoms with van der Waals surface area (Å²) in [6, 6.07) is -0.628. The van der Waals surface area contributed by atoms with E-state index in [4.69, 9.17) is 4.74 Å². The van der Waals surface area contributed by atoms with E-state index in [0.717, 1.165) is 38.5 Å². The number of esters is 1. The summed E-state index contributed by atoms with van der Waals surface area (Å²) in [6.07, 6.45) is 77.0. The molecule has 2 unspecified atom stereocenters. The summed E-state index contributed by atoms with van der Waals surface area (Å²) in [5.41, 5.74) is 0. The molecule has 434 valence electrons. The van der Waals surface area contributed by atoms with Crippen LogP contribution in [0.1, 0.15) is 380 Å². The molecule has 1 amide bonds. The van der Waals surface area contributed by atoms with Gasteiger partial charge in [0, 0.05) is 12.8 Å². The first-order valence-electron chi connectivity index (χ1n) is 33.5. The van der Waals surface area contributed by atoms with Crippen molar-refractivity contribution in [3.8, 4) is 0 Å². The van der Waals surface area contributed by atoms with E-state index in [1.165, 1.54) is 315 Å². The number of hydrogen-bond donors (Lipinski definition) is 3. The highest BCUT2D eigenvalue weighted by atomic mass is 16.5. The van der Waals surface area contributed by atoms with E-state index >= 15 is 0 Å². The lowest BCUT2D eigenvalue weighted by atomic mass is 10.0. The van der Waals surface area contributed by atoms with Crippen LogP contribution in [0.3, 0.4) is 0 Å². The zero-order chi connectivity index (χ0) is 52.9. The molecule has 0 aromatic carbocycles. The molecule has 0 rings (SSSR count). The number of aliphatic hydroxyl groups is 2. The lowest BCUT2D eigenvalue weighted by Crippen LogP contribution is -2.45. The highest BCUT2D eigenvalue weighted by Crippen LogP contribution is 2.19. The number of ether oxygens (including phenoxy) is 1. The summed E-state index contributed by atoms with van der Waals surface area (Å²) >= 11 is 0. The Labute approximate surface area is 457 Å². The van der Waals surface area contributed by atoms with Crippen molar-refractivity contribution in [3.05, 3.63) is 12.2 Å². The van der Waals surface area contributed by atoms with Gasteiger partial charge in [-0.05, 0) is 32.1 Å². The Morgan fingerprint density at radius 3 is 0.932 bits per heavy atom. The third kappa shape index (κ3) is 59.7. The maximum absolute atomic E-state index is 12.5. The molecule has 0 aromatic heterocycles. The third-order valence-electron chi connectivity index (χ3n) is 15.8. The van der Waals surface area contributed by atoms with Gasteiger partial charge in [-0.15, -0.1) is 0 Å². The van der Waals surface area contributed by atoms with Gasteiger partial charge in [0.1, 0.15) is 0 Å². The third-order valence-corrected chi connectivity index (χ3v) is 15.8. The number of aliphatic hydroxyl groups excluding tert-OH is 2. The molecule has 0 aliphatic heterocycles. The van der Waals surface area contributed by atoms with Gasteiger partial charge in [0.2, 0.25) is 5.91 Å². The van der Waals surface area contributed by atoms with Crippen LogP contribution in [0.2, 0.25) is 0 Å². The molecule has 0 aliphatic rings. The second kappa shape index (κ2) is 63.1. The summed E-state index contributed by atoms with van der Waals surface area (Å²) in [5.74, 6) is -0.0487. The average molecular weight is 1030 g/mol. The van der Waals surface area contributed by atoms with Crippen LogP contribution in [0, 0.1) is 0 Å². The van der Waals surface area contributed by atoms with E-state index < -0.39 is 12.1 Å². The fraction of sp³-hybridized carbons (Fsp3) is 0.940. The highest BCUT2D eigenvalue weighted by Gasteiger charge is 2.18. The van der Waals surface area contributed by atoms with Gasteiger partial charge in [-0.2, -0.15) is 0 Å². The highest BCUT2D eigenvalue weighted by molar-refractivity contribution is 5.76. The summed E-state index contributed by atoms with van der Waals surface area (Å²) in [4.78, 5) is 24.6. The molecule has 0 saturated heterocycles. The normalized spacial score (nSPS) is 12.5. The number of carbonyl (C=O) groups is 2. The number of nitrogens with one attached hydrogen (secondary N) is 1. The van der Waals surface area contributed by atoms with Crippen molar-refractivity contribution in [2.45, 2.75) is 392 Å². The molecule has 0 heterocycles. The largest absolute Gasteiger partial charge is 0.466 e. The van der Waals surface area contributed by atoms with Crippen LogP contribution in [0.5, 0.6) is 0 Å². The minimum Gasteiger partial charge on any atom is -0.466 e. The van der Waals surface area contributed by atoms with Crippen LogP contribution in [0.15, 0.2) is 12.2 Å². The second-order valence-electron chi connectivity index (χ2n) is 23.2. The minimum atomic E-state index is -0.844. The molecule has 73 heavy (non-hydrogen) atoms. The fourth-order valence-corrected chi connectivity index (χ4v) is 10.7. The van der Waals surface area contributed by atoms with E-state index in [1.807, 2.05) is 6.08 Å². The van der Waals surface area contributed by atoms with Gasteiger partial charge in [-0.1, -0.05) is 347 Å². The molecule has 0 spiro atoms. The monoisotopic (exact) mass is 1030 g/mol. The second-order valence-corrected chi connectivity index (χ2v) is 23.2. The summed E-state index contributed by atoms with van der Waals surface area (Å²) < 4.78 is 5.51. The predicted octanol–water partition coefficient (Wildman–Crippen LogP) is 21.2. The van der Waals surface area contributed by atoms with Crippen LogP contribution in [-0.2, 0) is 14.3 Å². The number of allylic oxidation sites excluding steroid dienone is 1. The van der Waals surface area contributed by atoms with Gasteiger partial charge in [-0.25, -0.2) is 0 Å². The zero-order valence-corrected chi connectivity index (χ0v) is 49.6. The van der Waals surface area contributed by atoms with Gasteiger partial charge < -0.3 is 20.3 Å². The molecule has 0 radical (unpaired) electrons. The van der Waals surface area contributed by atoms with Crippen molar-refractivity contribution in [1.29, 1.82) is 0 Å². The Bertz CT molecular complexity index is 1100. The van der Waals surface area contributed by atoms with Gasteiger partial charge in [0.05, 0.1) is 25.4 Å². The summed E-state index contributed by atoms with van der Waals surface area (Å²) in [6.45, 7) is 4.94. The van der Waals surface area contributed by atoms with Crippen LogP contribution in [-0.4, -0.2) is 47.4 Å². The molecule has 6 nitrogen and oxygen atoms in total. The average Bonchev–Trinajstić information content (AvgIpc) is 3.39. The maximum Gasteiger partial charge on any atom is 0.305 e. The van der Waals surface area contributed by atoms with Crippen LogP contribution < -0.4 is 5.32 Å². The van der Waals surface area contributed by atoms with Gasteiger partial charge >= 0.3 is 5.97 Å². The van der Waals surface area contributed by atoms with Crippen molar-refractivity contribution in [2.75, 3.05) is 13.2 Å². The molecule has 0 bridgehead atoms. The lowest BCUT2D eigenvalue weighted by molar-refractivity contribution is -0.143. The Hall–Kier alpha value is -1.40. The number of unbranched alkanes of at least 4 members (excludes halogenated alkanes) is 52. The fourth-order valence-electron chi connectivity index (χ4n) is 10.7. The van der Waals surface area contributed by atoms with Crippen LogP contribution in [0.4, 0.5) is 0 Å². The van der Waals surface area contributed by atoms with Crippen LogP contribution in [0.25, 0.3) is 0 Å². The molecule has 3 N–H and O–H groups in total. The lowest BCUT2D eigenvalue weighted by Gasteiger charge is -2.20. The minimum absolute atomic E-state index is 0.0171. The molecule has 0 aromatic rings. The smallest absolute Gasteiger partial charge is 0.305 e. The number of rotatable bonds is 63. The molecule has 2 atom stereocenters. The van der Waals surface area contributed by atoms with Crippen molar-refractivity contribution in [1.82, 2.24) is 5.32 Å². The summed E-state index contributed by atoms with van der Waals surface area (Å²) in [7, 11) is 0. The van der Waals surface area contributed by atoms with Gasteiger partial charge in [0.15, 0.2) is 0 Å². The Morgan fingerprint density at radius 1 is 0.370 bits per heavy atom. The standard InChI is InChI=1S/C67H131NO5/c1-3-5-7-9-11-13-15-17-19-21-25-29-33-37-41-45-49-53-57-61-67(72)73-62-58-54-50-46-42-38-34-30-27-24-22-23-26-28-32-36-40-44-48-52-56-60-66(71)68-64(63-69)65(70)59-55-51-47-43-39-35-31-20-18-16-14-12-10-8-6-4-2/h55,59,64-65,69-70H,3-54,56-58,60-63H2,1-2H3,(H,68,71)/b59-55+. The maximum atomic E-state index is 12.5. The molecular weight excluding hydrogens is 899 g/mol. The van der Waals surface area contributed by atoms with Crippen molar-refractivity contribution >= 4 is 11.9 Å². The first-order chi connectivity index (χ1) is 36.0. The molecule has 0 fully saturated rings. The van der Waals surface area contributed by atoms with Crippen LogP contribution >= 0.6 is 0 Å². The van der Waals surface area contributed by atoms with Crippen molar-refractivity contribution < 1.29 is 24.5 Å².